The van der Waals surface area contributed by atoms with Gasteiger partial charge in [-0.2, -0.15) is 0 Å². The van der Waals surface area contributed by atoms with Gasteiger partial charge in [-0.25, -0.2) is 4.98 Å². The first-order valence-electron chi connectivity index (χ1n) is 6.16. The van der Waals surface area contributed by atoms with Gasteiger partial charge >= 0.3 is 0 Å². The minimum Gasteiger partial charge on any atom is -0.376 e. The van der Waals surface area contributed by atoms with Crippen molar-refractivity contribution in [2.24, 2.45) is 0 Å². The predicted octanol–water partition coefficient (Wildman–Crippen LogP) is 1.34. The van der Waals surface area contributed by atoms with Crippen LogP contribution in [0.15, 0.2) is 18.2 Å². The first kappa shape index (κ1) is 11.5. The highest BCUT2D eigenvalue weighted by atomic mass is 16.6. The van der Waals surface area contributed by atoms with Crippen molar-refractivity contribution in [3.05, 3.63) is 23.8 Å². The number of benzene rings is 1. The summed E-state index contributed by atoms with van der Waals surface area (Å²) in [5.74, 6) is 0.536. The van der Waals surface area contributed by atoms with Crippen molar-refractivity contribution in [2.45, 2.75) is 19.6 Å². The maximum Gasteiger partial charge on any atom is 0.201 e. The molecule has 3 rings (SSSR count). The second-order valence-corrected chi connectivity index (χ2v) is 4.59. The molecule has 1 aromatic heterocycles. The van der Waals surface area contributed by atoms with Crippen LogP contribution in [0.5, 0.6) is 0 Å². The third-order valence-corrected chi connectivity index (χ3v) is 3.28. The van der Waals surface area contributed by atoms with Crippen LogP contribution in [-0.2, 0) is 16.0 Å². The molecule has 1 aromatic carbocycles. The summed E-state index contributed by atoms with van der Waals surface area (Å²) in [7, 11) is 0. The average molecular weight is 247 g/mol. The minimum absolute atomic E-state index is 0.0546. The average Bonchev–Trinajstić information content (AvgIpc) is 2.70. The number of ether oxygens (including phenoxy) is 2. The van der Waals surface area contributed by atoms with E-state index in [0.29, 0.717) is 32.3 Å². The van der Waals surface area contributed by atoms with E-state index in [1.807, 2.05) is 29.7 Å². The number of hydrogen-bond donors (Lipinski definition) is 1. The van der Waals surface area contributed by atoms with E-state index in [2.05, 4.69) is 4.98 Å². The maximum atomic E-state index is 5.99. The van der Waals surface area contributed by atoms with Crippen LogP contribution in [0.4, 0.5) is 5.95 Å². The lowest BCUT2D eigenvalue weighted by Crippen LogP contribution is -2.32. The third kappa shape index (κ3) is 1.95. The van der Waals surface area contributed by atoms with Crippen molar-refractivity contribution in [3.8, 4) is 0 Å². The molecule has 2 heterocycles. The van der Waals surface area contributed by atoms with Crippen molar-refractivity contribution in [1.29, 1.82) is 0 Å². The number of fused-ring (bicyclic) bond motifs is 1. The molecule has 96 valence electrons. The zero-order valence-electron chi connectivity index (χ0n) is 10.4. The molecule has 1 aliphatic rings. The van der Waals surface area contributed by atoms with Crippen LogP contribution in [0.25, 0.3) is 11.0 Å². The number of nitrogen functional groups attached to an aromatic ring is 1. The van der Waals surface area contributed by atoms with Gasteiger partial charge in [-0.15, -0.1) is 0 Å². The SMILES string of the molecule is Cc1cccc2c1nc(N)n2CC1COCCO1. The lowest BCUT2D eigenvalue weighted by Gasteiger charge is -2.23. The van der Waals surface area contributed by atoms with Gasteiger partial charge in [-0.3, -0.25) is 0 Å². The Labute approximate surface area is 106 Å². The summed E-state index contributed by atoms with van der Waals surface area (Å²) in [6.07, 6.45) is 0.0546. The Kier molecular flexibility index (Phi) is 2.93. The number of anilines is 1. The van der Waals surface area contributed by atoms with E-state index in [9.17, 15) is 0 Å². The smallest absolute Gasteiger partial charge is 0.201 e. The van der Waals surface area contributed by atoms with E-state index >= 15 is 0 Å². The second-order valence-electron chi connectivity index (χ2n) is 4.59. The Morgan fingerprint density at radius 1 is 1.44 bits per heavy atom. The minimum atomic E-state index is 0.0546. The molecule has 0 saturated carbocycles. The van der Waals surface area contributed by atoms with Crippen LogP contribution in [0.1, 0.15) is 5.56 Å². The molecule has 1 fully saturated rings. The van der Waals surface area contributed by atoms with Crippen LogP contribution in [0.3, 0.4) is 0 Å². The number of nitrogens with zero attached hydrogens (tertiary/aromatic N) is 2. The topological polar surface area (TPSA) is 62.3 Å². The lowest BCUT2D eigenvalue weighted by molar-refractivity contribution is -0.0930. The molecule has 5 nitrogen and oxygen atoms in total. The standard InChI is InChI=1S/C13H17N3O2/c1-9-3-2-4-11-12(9)15-13(14)16(11)7-10-8-17-5-6-18-10/h2-4,10H,5-8H2,1H3,(H2,14,15). The summed E-state index contributed by atoms with van der Waals surface area (Å²) in [5, 5.41) is 0. The van der Waals surface area contributed by atoms with Gasteiger partial charge in [0.05, 0.1) is 43.5 Å². The van der Waals surface area contributed by atoms with Gasteiger partial charge in [0, 0.05) is 0 Å². The summed E-state index contributed by atoms with van der Waals surface area (Å²) in [6.45, 7) is 4.67. The third-order valence-electron chi connectivity index (χ3n) is 3.28. The number of aromatic nitrogens is 2. The Hall–Kier alpha value is -1.59. The highest BCUT2D eigenvalue weighted by Crippen LogP contribution is 2.22. The Bertz CT molecular complexity index is 559. The number of aryl methyl sites for hydroxylation is 1. The van der Waals surface area contributed by atoms with Crippen molar-refractivity contribution < 1.29 is 9.47 Å². The second kappa shape index (κ2) is 4.59. The molecule has 0 bridgehead atoms. The van der Waals surface area contributed by atoms with Gasteiger partial charge in [0.15, 0.2) is 0 Å². The molecule has 5 heteroatoms. The maximum absolute atomic E-state index is 5.99. The molecular weight excluding hydrogens is 230 g/mol. The van der Waals surface area contributed by atoms with E-state index in [0.717, 1.165) is 16.6 Å². The lowest BCUT2D eigenvalue weighted by atomic mass is 10.2. The van der Waals surface area contributed by atoms with Crippen LogP contribution in [0.2, 0.25) is 0 Å². The van der Waals surface area contributed by atoms with Gasteiger partial charge in [-0.1, -0.05) is 12.1 Å². The molecule has 18 heavy (non-hydrogen) atoms. The summed E-state index contributed by atoms with van der Waals surface area (Å²) in [4.78, 5) is 4.42. The highest BCUT2D eigenvalue weighted by Gasteiger charge is 2.18. The molecule has 1 aliphatic heterocycles. The molecular formula is C13H17N3O2. The number of hydrogen-bond acceptors (Lipinski definition) is 4. The molecule has 1 atom stereocenters. The fourth-order valence-electron chi connectivity index (χ4n) is 2.34. The molecule has 2 N–H and O–H groups in total. The number of imidazole rings is 1. The van der Waals surface area contributed by atoms with Gasteiger partial charge in [0.1, 0.15) is 0 Å². The van der Waals surface area contributed by atoms with Crippen molar-refractivity contribution in [3.63, 3.8) is 0 Å². The van der Waals surface area contributed by atoms with Crippen LogP contribution >= 0.6 is 0 Å². The largest absolute Gasteiger partial charge is 0.376 e. The summed E-state index contributed by atoms with van der Waals surface area (Å²) < 4.78 is 13.1. The zero-order valence-corrected chi connectivity index (χ0v) is 10.4. The quantitative estimate of drug-likeness (QED) is 0.870. The highest BCUT2D eigenvalue weighted by molar-refractivity contribution is 5.81. The first-order chi connectivity index (χ1) is 8.75. The summed E-state index contributed by atoms with van der Waals surface area (Å²) in [6, 6.07) is 6.10. The van der Waals surface area contributed by atoms with E-state index in [1.54, 1.807) is 0 Å². The van der Waals surface area contributed by atoms with Gasteiger partial charge in [0.25, 0.3) is 0 Å². The fourth-order valence-corrected chi connectivity index (χ4v) is 2.34. The molecule has 2 aromatic rings. The molecule has 0 aliphatic carbocycles. The van der Waals surface area contributed by atoms with E-state index in [4.69, 9.17) is 15.2 Å². The summed E-state index contributed by atoms with van der Waals surface area (Å²) >= 11 is 0. The molecule has 0 amide bonds. The number of nitrogens with two attached hydrogens (primary N) is 1. The summed E-state index contributed by atoms with van der Waals surface area (Å²) in [5.41, 5.74) is 9.15. The number of para-hydroxylation sites is 1. The number of rotatable bonds is 2. The van der Waals surface area contributed by atoms with E-state index < -0.39 is 0 Å². The van der Waals surface area contributed by atoms with E-state index in [-0.39, 0.29) is 6.10 Å². The van der Waals surface area contributed by atoms with E-state index in [1.165, 1.54) is 0 Å². The fraction of sp³-hybridized carbons (Fsp3) is 0.462. The van der Waals surface area contributed by atoms with Crippen molar-refractivity contribution >= 4 is 17.0 Å². The van der Waals surface area contributed by atoms with Crippen LogP contribution in [0, 0.1) is 6.92 Å². The Balaban J connectivity index is 1.95. The van der Waals surface area contributed by atoms with Gasteiger partial charge in [0.2, 0.25) is 5.95 Å². The molecule has 0 spiro atoms. The predicted molar refractivity (Wildman–Crippen MR) is 69.4 cm³/mol. The molecule has 1 saturated heterocycles. The van der Waals surface area contributed by atoms with Crippen molar-refractivity contribution in [2.75, 3.05) is 25.6 Å². The van der Waals surface area contributed by atoms with Crippen LogP contribution in [-0.4, -0.2) is 35.5 Å². The van der Waals surface area contributed by atoms with Crippen molar-refractivity contribution in [1.82, 2.24) is 9.55 Å². The normalized spacial score (nSPS) is 20.4. The molecule has 0 radical (unpaired) electrons. The Morgan fingerprint density at radius 2 is 2.33 bits per heavy atom. The molecule has 1 unspecified atom stereocenters. The monoisotopic (exact) mass is 247 g/mol. The van der Waals surface area contributed by atoms with Crippen LogP contribution < -0.4 is 5.73 Å². The Morgan fingerprint density at radius 3 is 3.11 bits per heavy atom. The zero-order chi connectivity index (χ0) is 12.5. The van der Waals surface area contributed by atoms with Gasteiger partial charge < -0.3 is 19.8 Å². The first-order valence-corrected chi connectivity index (χ1v) is 6.16. The van der Waals surface area contributed by atoms with Gasteiger partial charge in [-0.05, 0) is 18.6 Å².